The predicted octanol–water partition coefficient (Wildman–Crippen LogP) is 5.86. The Hall–Kier alpha value is -1.91. The molecule has 29 heavy (non-hydrogen) atoms. The highest BCUT2D eigenvalue weighted by molar-refractivity contribution is 14.1. The zero-order chi connectivity index (χ0) is 20.8. The third kappa shape index (κ3) is 6.28. The maximum absolute atomic E-state index is 12.2. The second-order valence-corrected chi connectivity index (χ2v) is 8.98. The molecule has 8 heteroatoms. The van der Waals surface area contributed by atoms with Gasteiger partial charge in [-0.3, -0.25) is 4.79 Å². The number of ether oxygens (including phenoxy) is 1. The van der Waals surface area contributed by atoms with E-state index in [2.05, 4.69) is 65.0 Å². The molecule has 2 N–H and O–H groups in total. The van der Waals surface area contributed by atoms with Gasteiger partial charge in [0.25, 0.3) is 5.91 Å². The van der Waals surface area contributed by atoms with E-state index < -0.39 is 5.91 Å². The van der Waals surface area contributed by atoms with Gasteiger partial charge in [-0.2, -0.15) is 5.10 Å². The van der Waals surface area contributed by atoms with E-state index in [9.17, 15) is 9.90 Å². The van der Waals surface area contributed by atoms with Crippen LogP contribution < -0.4 is 10.2 Å². The molecule has 0 radical (unpaired) electrons. The van der Waals surface area contributed by atoms with Crippen molar-refractivity contribution in [1.29, 1.82) is 0 Å². The molecule has 0 heterocycles. The fraction of sp³-hybridized carbons (Fsp3) is 0.0476. The van der Waals surface area contributed by atoms with Gasteiger partial charge in [-0.25, -0.2) is 5.43 Å². The van der Waals surface area contributed by atoms with E-state index in [4.69, 9.17) is 4.74 Å². The van der Waals surface area contributed by atoms with Crippen molar-refractivity contribution < 1.29 is 14.6 Å². The van der Waals surface area contributed by atoms with Crippen LogP contribution in [-0.2, 0) is 6.61 Å². The molecule has 0 aliphatic rings. The van der Waals surface area contributed by atoms with Gasteiger partial charge in [0.2, 0.25) is 0 Å². The van der Waals surface area contributed by atoms with Gasteiger partial charge >= 0.3 is 0 Å². The largest absolute Gasteiger partial charge is 0.506 e. The van der Waals surface area contributed by atoms with Crippen molar-refractivity contribution in [2.24, 2.45) is 5.10 Å². The first-order valence-electron chi connectivity index (χ1n) is 8.41. The molecule has 0 fully saturated rings. The molecular weight excluding hydrogens is 615 g/mol. The Morgan fingerprint density at radius 2 is 1.79 bits per heavy atom. The highest BCUT2D eigenvalue weighted by Gasteiger charge is 2.14. The molecule has 3 aromatic carbocycles. The zero-order valence-electron chi connectivity index (χ0n) is 14.9. The van der Waals surface area contributed by atoms with E-state index in [-0.39, 0.29) is 11.3 Å². The molecule has 1 amide bonds. The molecule has 3 aromatic rings. The van der Waals surface area contributed by atoms with Crippen LogP contribution in [0.2, 0.25) is 0 Å². The number of rotatable bonds is 6. The van der Waals surface area contributed by atoms with E-state index in [1.54, 1.807) is 6.07 Å². The summed E-state index contributed by atoms with van der Waals surface area (Å²) >= 11 is 8.75. The van der Waals surface area contributed by atoms with Gasteiger partial charge in [-0.1, -0.05) is 28.1 Å². The van der Waals surface area contributed by atoms with Crippen LogP contribution in [0, 0.1) is 3.57 Å². The number of hydrogen-bond donors (Lipinski definition) is 2. The number of aromatic hydroxyl groups is 1. The average molecular weight is 630 g/mol. The van der Waals surface area contributed by atoms with E-state index in [0.717, 1.165) is 16.9 Å². The lowest BCUT2D eigenvalue weighted by atomic mass is 10.2. The van der Waals surface area contributed by atoms with Crippen molar-refractivity contribution in [3.63, 3.8) is 0 Å². The average Bonchev–Trinajstić information content (AvgIpc) is 2.71. The molecule has 0 spiro atoms. The molecule has 0 unspecified atom stereocenters. The number of benzene rings is 3. The molecule has 0 aromatic heterocycles. The first-order chi connectivity index (χ1) is 13.9. The maximum Gasteiger partial charge on any atom is 0.275 e. The maximum atomic E-state index is 12.2. The third-order valence-corrected chi connectivity index (χ3v) is 5.63. The minimum Gasteiger partial charge on any atom is -0.506 e. The highest BCUT2D eigenvalue weighted by Crippen LogP contribution is 2.31. The second-order valence-electron chi connectivity index (χ2n) is 5.97. The van der Waals surface area contributed by atoms with Crippen molar-refractivity contribution in [3.8, 4) is 11.5 Å². The van der Waals surface area contributed by atoms with Crippen molar-refractivity contribution in [1.82, 2.24) is 5.43 Å². The molecule has 0 aliphatic carbocycles. The Kier molecular flexibility index (Phi) is 7.68. The number of hydrazone groups is 1. The Morgan fingerprint density at radius 3 is 2.48 bits per heavy atom. The van der Waals surface area contributed by atoms with Gasteiger partial charge in [-0.05, 0) is 98.2 Å². The Morgan fingerprint density at radius 1 is 1.10 bits per heavy atom. The minimum absolute atomic E-state index is 0.114. The first-order valence-corrected chi connectivity index (χ1v) is 11.1. The SMILES string of the molecule is O=C(N/N=C\c1ccc(OCc2ccc(I)cc2)cc1)c1cc(Br)cc(Br)c1O. The lowest BCUT2D eigenvalue weighted by molar-refractivity contribution is 0.0952. The lowest BCUT2D eigenvalue weighted by Crippen LogP contribution is -2.17. The van der Waals surface area contributed by atoms with Gasteiger partial charge in [-0.15, -0.1) is 0 Å². The summed E-state index contributed by atoms with van der Waals surface area (Å²) in [5, 5.41) is 13.9. The summed E-state index contributed by atoms with van der Waals surface area (Å²) < 4.78 is 8.04. The molecule has 5 nitrogen and oxygen atoms in total. The fourth-order valence-corrected chi connectivity index (χ4v) is 3.95. The van der Waals surface area contributed by atoms with Gasteiger partial charge in [0.1, 0.15) is 18.1 Å². The van der Waals surface area contributed by atoms with Gasteiger partial charge in [0.05, 0.1) is 16.3 Å². The number of phenols is 1. The molecule has 0 saturated carbocycles. The van der Waals surface area contributed by atoms with Gasteiger partial charge in [0.15, 0.2) is 0 Å². The zero-order valence-corrected chi connectivity index (χ0v) is 20.2. The fourth-order valence-electron chi connectivity index (χ4n) is 2.36. The number of amides is 1. The quantitative estimate of drug-likeness (QED) is 0.204. The lowest BCUT2D eigenvalue weighted by Gasteiger charge is -2.07. The Balaban J connectivity index is 1.56. The van der Waals surface area contributed by atoms with Crippen molar-refractivity contribution in [2.45, 2.75) is 6.61 Å². The molecule has 148 valence electrons. The van der Waals surface area contributed by atoms with Crippen LogP contribution in [0.5, 0.6) is 11.5 Å². The van der Waals surface area contributed by atoms with Crippen LogP contribution in [-0.4, -0.2) is 17.2 Å². The number of nitrogens with one attached hydrogen (secondary N) is 1. The number of carbonyl (C=O) groups excluding carboxylic acids is 1. The predicted molar refractivity (Wildman–Crippen MR) is 128 cm³/mol. The third-order valence-electron chi connectivity index (χ3n) is 3.85. The summed E-state index contributed by atoms with van der Waals surface area (Å²) in [7, 11) is 0. The summed E-state index contributed by atoms with van der Waals surface area (Å²) in [6.07, 6.45) is 1.52. The van der Waals surface area contributed by atoms with Crippen LogP contribution >= 0.6 is 54.5 Å². The normalized spacial score (nSPS) is 10.9. The van der Waals surface area contributed by atoms with E-state index in [1.165, 1.54) is 15.9 Å². The summed E-state index contributed by atoms with van der Waals surface area (Å²) in [5.41, 5.74) is 4.42. The van der Waals surface area contributed by atoms with Crippen LogP contribution in [0.4, 0.5) is 0 Å². The topological polar surface area (TPSA) is 70.9 Å². The minimum atomic E-state index is -0.516. The second kappa shape index (κ2) is 10.2. The van der Waals surface area contributed by atoms with Crippen LogP contribution in [0.3, 0.4) is 0 Å². The molecule has 3 rings (SSSR count). The monoisotopic (exact) mass is 628 g/mol. The molecule has 0 bridgehead atoms. The van der Waals surface area contributed by atoms with Crippen molar-refractivity contribution in [2.75, 3.05) is 0 Å². The summed E-state index contributed by atoms with van der Waals surface area (Å²) in [6.45, 7) is 0.492. The van der Waals surface area contributed by atoms with E-state index in [1.807, 2.05) is 48.5 Å². The Labute approximate surface area is 198 Å². The summed E-state index contributed by atoms with van der Waals surface area (Å²) in [6, 6.07) is 18.7. The number of nitrogens with zero attached hydrogens (tertiary/aromatic N) is 1. The molecule has 0 aliphatic heterocycles. The molecular formula is C21H15Br2IN2O3. The van der Waals surface area contributed by atoms with Crippen molar-refractivity contribution >= 4 is 66.6 Å². The number of halogens is 3. The van der Waals surface area contributed by atoms with Crippen molar-refractivity contribution in [3.05, 3.63) is 89.9 Å². The van der Waals surface area contributed by atoms with E-state index >= 15 is 0 Å². The summed E-state index contributed by atoms with van der Waals surface area (Å²) in [4.78, 5) is 12.2. The smallest absolute Gasteiger partial charge is 0.275 e. The Bertz CT molecular complexity index is 1040. The highest BCUT2D eigenvalue weighted by atomic mass is 127. The van der Waals surface area contributed by atoms with Gasteiger partial charge < -0.3 is 9.84 Å². The standard InChI is InChI=1S/C21H15Br2IN2O3/c22-15-9-18(20(27)19(23)10-15)21(28)26-25-11-13-3-7-17(8-4-13)29-12-14-1-5-16(24)6-2-14/h1-11,27H,12H2,(H,26,28)/b25-11-. The van der Waals surface area contributed by atoms with Crippen LogP contribution in [0.1, 0.15) is 21.5 Å². The van der Waals surface area contributed by atoms with Crippen LogP contribution in [0.15, 0.2) is 74.7 Å². The number of phenolic OH excluding ortho intramolecular Hbond substituents is 1. The van der Waals surface area contributed by atoms with Crippen LogP contribution in [0.25, 0.3) is 0 Å². The molecule has 0 saturated heterocycles. The van der Waals surface area contributed by atoms with Gasteiger partial charge in [0, 0.05) is 8.04 Å². The number of hydrogen-bond acceptors (Lipinski definition) is 4. The van der Waals surface area contributed by atoms with E-state index in [0.29, 0.717) is 15.6 Å². The summed E-state index contributed by atoms with van der Waals surface area (Å²) in [5.74, 6) is 0.0856. The first kappa shape index (κ1) is 21.8. The number of carbonyl (C=O) groups is 1. The molecule has 0 atom stereocenters.